The third-order valence-electron chi connectivity index (χ3n) is 2.76. The van der Waals surface area contributed by atoms with Gasteiger partial charge >= 0.3 is 0 Å². The summed E-state index contributed by atoms with van der Waals surface area (Å²) in [5.41, 5.74) is 1.81. The summed E-state index contributed by atoms with van der Waals surface area (Å²) in [5, 5.41) is 5.25. The summed E-state index contributed by atoms with van der Waals surface area (Å²) in [7, 11) is 0. The van der Waals surface area contributed by atoms with Gasteiger partial charge in [0.1, 0.15) is 0 Å². The fraction of sp³-hybridized carbons (Fsp3) is 0.200. The zero-order valence-corrected chi connectivity index (χ0v) is 14.2. The van der Waals surface area contributed by atoms with Gasteiger partial charge < -0.3 is 10.1 Å². The Balaban J connectivity index is 2.11. The maximum Gasteiger partial charge on any atom is 0.156 e. The normalized spacial score (nSPS) is 10.5. The first-order valence-corrected chi connectivity index (χ1v) is 7.82. The number of hydrogen-bond acceptors (Lipinski definition) is 2. The molecule has 1 N–H and O–H groups in total. The van der Waals surface area contributed by atoms with E-state index in [9.17, 15) is 0 Å². The average molecular weight is 365 g/mol. The highest BCUT2D eigenvalue weighted by atomic mass is 35.5. The lowest BCUT2D eigenvalue weighted by molar-refractivity contribution is 0.340. The van der Waals surface area contributed by atoms with E-state index in [1.54, 1.807) is 12.1 Å². The van der Waals surface area contributed by atoms with Gasteiger partial charge in [0.05, 0.1) is 26.7 Å². The number of nitrogens with one attached hydrogen (secondary N) is 1. The highest BCUT2D eigenvalue weighted by Crippen LogP contribution is 2.34. The summed E-state index contributed by atoms with van der Waals surface area (Å²) < 4.78 is 5.40. The quantitative estimate of drug-likeness (QED) is 0.670. The molecular formula is C15H13Cl4NO. The van der Waals surface area contributed by atoms with E-state index in [1.165, 1.54) is 0 Å². The molecule has 2 nitrogen and oxygen atoms in total. The third kappa shape index (κ3) is 4.33. The Hall–Kier alpha value is -0.800. The fourth-order valence-corrected chi connectivity index (χ4v) is 2.75. The van der Waals surface area contributed by atoms with Crippen LogP contribution in [0.2, 0.25) is 20.1 Å². The molecule has 21 heavy (non-hydrogen) atoms. The predicted octanol–water partition coefficient (Wildman–Crippen LogP) is 6.31. The SMILES string of the molecule is CCOc1c(Cl)cc(CNc2ccc(Cl)c(Cl)c2)cc1Cl. The summed E-state index contributed by atoms with van der Waals surface area (Å²) in [4.78, 5) is 0. The number of ether oxygens (including phenoxy) is 1. The molecule has 2 aromatic rings. The molecule has 0 aliphatic heterocycles. The van der Waals surface area contributed by atoms with E-state index < -0.39 is 0 Å². The lowest BCUT2D eigenvalue weighted by atomic mass is 10.2. The summed E-state index contributed by atoms with van der Waals surface area (Å²) in [6.07, 6.45) is 0. The minimum Gasteiger partial charge on any atom is -0.491 e. The Morgan fingerprint density at radius 1 is 0.905 bits per heavy atom. The van der Waals surface area contributed by atoms with Crippen LogP contribution in [0.5, 0.6) is 5.75 Å². The Kier molecular flexibility index (Phi) is 5.88. The van der Waals surface area contributed by atoms with Gasteiger partial charge in [0, 0.05) is 12.2 Å². The standard InChI is InChI=1S/C15H13Cl4NO/c1-2-21-15-13(18)5-9(6-14(15)19)8-20-10-3-4-11(16)12(17)7-10/h3-7,20H,2,8H2,1H3. The van der Waals surface area contributed by atoms with Gasteiger partial charge in [-0.3, -0.25) is 0 Å². The van der Waals surface area contributed by atoms with Gasteiger partial charge in [0.2, 0.25) is 0 Å². The predicted molar refractivity (Wildman–Crippen MR) is 91.4 cm³/mol. The van der Waals surface area contributed by atoms with Gasteiger partial charge in [0.25, 0.3) is 0 Å². The van der Waals surface area contributed by atoms with Crippen LogP contribution in [0.3, 0.4) is 0 Å². The molecule has 0 radical (unpaired) electrons. The van der Waals surface area contributed by atoms with Crippen LogP contribution in [0.15, 0.2) is 30.3 Å². The molecule has 0 atom stereocenters. The first-order valence-electron chi connectivity index (χ1n) is 6.31. The molecule has 0 aromatic heterocycles. The maximum absolute atomic E-state index is 6.17. The van der Waals surface area contributed by atoms with Crippen molar-refractivity contribution >= 4 is 52.1 Å². The summed E-state index contributed by atoms with van der Waals surface area (Å²) in [5.74, 6) is 0.513. The zero-order valence-electron chi connectivity index (χ0n) is 11.2. The molecule has 0 fully saturated rings. The van der Waals surface area contributed by atoms with Crippen LogP contribution in [-0.4, -0.2) is 6.61 Å². The fourth-order valence-electron chi connectivity index (χ4n) is 1.81. The van der Waals surface area contributed by atoms with Crippen LogP contribution in [0.1, 0.15) is 12.5 Å². The first-order chi connectivity index (χ1) is 10.0. The number of halogens is 4. The average Bonchev–Trinajstić information content (AvgIpc) is 2.44. The van der Waals surface area contributed by atoms with Gasteiger partial charge in [-0.2, -0.15) is 0 Å². The molecule has 0 heterocycles. The van der Waals surface area contributed by atoms with Crippen LogP contribution in [0, 0.1) is 0 Å². The Morgan fingerprint density at radius 2 is 1.57 bits per heavy atom. The lowest BCUT2D eigenvalue weighted by Crippen LogP contribution is -2.01. The van der Waals surface area contributed by atoms with Crippen LogP contribution < -0.4 is 10.1 Å². The second-order valence-corrected chi connectivity index (χ2v) is 5.93. The third-order valence-corrected chi connectivity index (χ3v) is 4.06. The van der Waals surface area contributed by atoms with Gasteiger partial charge in [-0.15, -0.1) is 0 Å². The van der Waals surface area contributed by atoms with Crippen LogP contribution in [0.25, 0.3) is 0 Å². The van der Waals surface area contributed by atoms with Crippen LogP contribution in [-0.2, 0) is 6.54 Å². The van der Waals surface area contributed by atoms with E-state index in [0.717, 1.165) is 11.3 Å². The zero-order chi connectivity index (χ0) is 15.4. The van der Waals surface area contributed by atoms with Gasteiger partial charge in [-0.25, -0.2) is 0 Å². The highest BCUT2D eigenvalue weighted by molar-refractivity contribution is 6.42. The van der Waals surface area contributed by atoms with Crippen molar-refractivity contribution < 1.29 is 4.74 Å². The van der Waals surface area contributed by atoms with Crippen molar-refractivity contribution in [1.82, 2.24) is 0 Å². The molecule has 112 valence electrons. The molecule has 0 aliphatic rings. The summed E-state index contributed by atoms with van der Waals surface area (Å²) in [6, 6.07) is 9.00. The summed E-state index contributed by atoms with van der Waals surface area (Å²) >= 11 is 24.2. The number of benzene rings is 2. The van der Waals surface area contributed by atoms with Crippen molar-refractivity contribution in [2.24, 2.45) is 0 Å². The van der Waals surface area contributed by atoms with Crippen molar-refractivity contribution in [3.05, 3.63) is 56.0 Å². The molecule has 2 aromatic carbocycles. The van der Waals surface area contributed by atoms with Crippen LogP contribution >= 0.6 is 46.4 Å². The maximum atomic E-state index is 6.17. The molecule has 0 saturated heterocycles. The van der Waals surface area contributed by atoms with Gasteiger partial charge in [0.15, 0.2) is 5.75 Å². The second-order valence-electron chi connectivity index (χ2n) is 4.30. The van der Waals surface area contributed by atoms with Crippen LogP contribution in [0.4, 0.5) is 5.69 Å². The van der Waals surface area contributed by atoms with E-state index in [-0.39, 0.29) is 0 Å². The Labute approximate surface area is 143 Å². The largest absolute Gasteiger partial charge is 0.491 e. The molecule has 0 saturated carbocycles. The van der Waals surface area contributed by atoms with E-state index in [2.05, 4.69) is 5.32 Å². The molecule has 0 amide bonds. The molecular weight excluding hydrogens is 352 g/mol. The van der Waals surface area contributed by atoms with Crippen molar-refractivity contribution in [3.8, 4) is 5.75 Å². The number of anilines is 1. The van der Waals surface area contributed by atoms with Crippen molar-refractivity contribution in [2.45, 2.75) is 13.5 Å². The smallest absolute Gasteiger partial charge is 0.156 e. The Bertz CT molecular complexity index is 623. The van der Waals surface area contributed by atoms with Crippen molar-refractivity contribution in [1.29, 1.82) is 0 Å². The summed E-state index contributed by atoms with van der Waals surface area (Å²) in [6.45, 7) is 2.95. The molecule has 2 rings (SSSR count). The highest BCUT2D eigenvalue weighted by Gasteiger charge is 2.09. The van der Waals surface area contributed by atoms with Gasteiger partial charge in [-0.05, 0) is 42.8 Å². The van der Waals surface area contributed by atoms with E-state index >= 15 is 0 Å². The minimum atomic E-state index is 0.496. The number of rotatable bonds is 5. The molecule has 0 spiro atoms. The number of hydrogen-bond donors (Lipinski definition) is 1. The molecule has 0 bridgehead atoms. The van der Waals surface area contributed by atoms with E-state index in [4.69, 9.17) is 51.1 Å². The molecule has 0 unspecified atom stereocenters. The van der Waals surface area contributed by atoms with Crippen molar-refractivity contribution in [2.75, 3.05) is 11.9 Å². The first kappa shape index (κ1) is 16.6. The minimum absolute atomic E-state index is 0.496. The monoisotopic (exact) mass is 363 g/mol. The molecule has 0 aliphatic carbocycles. The topological polar surface area (TPSA) is 21.3 Å². The van der Waals surface area contributed by atoms with E-state index in [0.29, 0.717) is 39.0 Å². The Morgan fingerprint density at radius 3 is 2.14 bits per heavy atom. The second kappa shape index (κ2) is 7.46. The van der Waals surface area contributed by atoms with Gasteiger partial charge in [-0.1, -0.05) is 46.4 Å². The lowest BCUT2D eigenvalue weighted by Gasteiger charge is -2.12. The van der Waals surface area contributed by atoms with E-state index in [1.807, 2.05) is 25.1 Å². The molecule has 6 heteroatoms. The van der Waals surface area contributed by atoms with Crippen molar-refractivity contribution in [3.63, 3.8) is 0 Å².